The van der Waals surface area contributed by atoms with Crippen molar-refractivity contribution in [2.75, 3.05) is 14.2 Å². The van der Waals surface area contributed by atoms with Gasteiger partial charge in [0.15, 0.2) is 0 Å². The average Bonchev–Trinajstić information content (AvgIpc) is 2.27. The molecule has 1 rings (SSSR count). The van der Waals surface area contributed by atoms with E-state index in [1.807, 2.05) is 20.0 Å². The van der Waals surface area contributed by atoms with Gasteiger partial charge in [-0.25, -0.2) is 4.39 Å². The van der Waals surface area contributed by atoms with Gasteiger partial charge < -0.3 is 10.1 Å². The zero-order valence-corrected chi connectivity index (χ0v) is 9.46. The Kier molecular flexibility index (Phi) is 4.72. The normalized spacial score (nSPS) is 14.9. The van der Waals surface area contributed by atoms with Crippen molar-refractivity contribution in [2.45, 2.75) is 25.5 Å². The largest absolute Gasteiger partial charge is 0.379 e. The van der Waals surface area contributed by atoms with Gasteiger partial charge in [-0.3, -0.25) is 0 Å². The summed E-state index contributed by atoms with van der Waals surface area (Å²) in [6.07, 6.45) is 0.836. The van der Waals surface area contributed by atoms with E-state index in [4.69, 9.17) is 4.74 Å². The van der Waals surface area contributed by atoms with Gasteiger partial charge in [-0.15, -0.1) is 0 Å². The maximum absolute atomic E-state index is 13.6. The summed E-state index contributed by atoms with van der Waals surface area (Å²) in [6.45, 7) is 2.03. The number of nitrogens with one attached hydrogen (secondary N) is 1. The zero-order chi connectivity index (χ0) is 11.3. The molecule has 0 bridgehead atoms. The minimum Gasteiger partial charge on any atom is -0.379 e. The van der Waals surface area contributed by atoms with Crippen LogP contribution in [0.3, 0.4) is 0 Å². The van der Waals surface area contributed by atoms with Crippen molar-refractivity contribution in [2.24, 2.45) is 0 Å². The molecule has 0 radical (unpaired) electrons. The molecule has 1 N–H and O–H groups in total. The molecule has 0 aliphatic carbocycles. The minimum atomic E-state index is -0.188. The molecule has 1 aromatic rings. The van der Waals surface area contributed by atoms with E-state index < -0.39 is 0 Å². The van der Waals surface area contributed by atoms with Crippen LogP contribution in [-0.2, 0) is 4.74 Å². The smallest absolute Gasteiger partial charge is 0.128 e. The predicted molar refractivity (Wildman–Crippen MR) is 59.3 cm³/mol. The Hall–Kier alpha value is -0.930. The number of ether oxygens (including phenoxy) is 1. The highest BCUT2D eigenvalue weighted by atomic mass is 19.1. The van der Waals surface area contributed by atoms with Crippen LogP contribution in [0.4, 0.5) is 4.39 Å². The summed E-state index contributed by atoms with van der Waals surface area (Å²) in [6, 6.07) is 6.70. The molecular formula is C12H18FNO. The molecule has 0 spiro atoms. The number of benzene rings is 1. The van der Waals surface area contributed by atoms with Crippen molar-refractivity contribution in [1.29, 1.82) is 0 Å². The van der Waals surface area contributed by atoms with Gasteiger partial charge in [-0.1, -0.05) is 25.1 Å². The van der Waals surface area contributed by atoms with Crippen LogP contribution in [0, 0.1) is 5.82 Å². The quantitative estimate of drug-likeness (QED) is 0.808. The van der Waals surface area contributed by atoms with Crippen LogP contribution in [0.15, 0.2) is 24.3 Å². The number of hydrogen-bond donors (Lipinski definition) is 1. The SMILES string of the molecule is CCC(OC)C(NC)c1ccccc1F. The lowest BCUT2D eigenvalue weighted by Crippen LogP contribution is -2.31. The third-order valence-corrected chi connectivity index (χ3v) is 2.63. The number of rotatable bonds is 5. The summed E-state index contributed by atoms with van der Waals surface area (Å²) in [5.74, 6) is -0.188. The van der Waals surface area contributed by atoms with Gasteiger partial charge in [0.25, 0.3) is 0 Å². The van der Waals surface area contributed by atoms with Crippen LogP contribution in [0.1, 0.15) is 24.9 Å². The minimum absolute atomic E-state index is 0.00750. The first kappa shape index (κ1) is 12.1. The second-order valence-electron chi connectivity index (χ2n) is 3.47. The van der Waals surface area contributed by atoms with Crippen LogP contribution in [-0.4, -0.2) is 20.3 Å². The van der Waals surface area contributed by atoms with E-state index in [9.17, 15) is 4.39 Å². The third-order valence-electron chi connectivity index (χ3n) is 2.63. The van der Waals surface area contributed by atoms with Crippen molar-refractivity contribution < 1.29 is 9.13 Å². The first-order chi connectivity index (χ1) is 7.24. The molecule has 0 aliphatic rings. The Morgan fingerprint density at radius 1 is 1.40 bits per heavy atom. The highest BCUT2D eigenvalue weighted by Gasteiger charge is 2.22. The van der Waals surface area contributed by atoms with Gasteiger partial charge in [-0.2, -0.15) is 0 Å². The van der Waals surface area contributed by atoms with Crippen LogP contribution in [0.5, 0.6) is 0 Å². The van der Waals surface area contributed by atoms with E-state index >= 15 is 0 Å². The molecule has 0 heterocycles. The molecule has 2 nitrogen and oxygen atoms in total. The van der Waals surface area contributed by atoms with E-state index in [0.717, 1.165) is 6.42 Å². The summed E-state index contributed by atoms with van der Waals surface area (Å²) >= 11 is 0. The van der Waals surface area contributed by atoms with Crippen LogP contribution >= 0.6 is 0 Å². The molecule has 0 aliphatic heterocycles. The molecule has 2 atom stereocenters. The van der Waals surface area contributed by atoms with Gasteiger partial charge in [0.1, 0.15) is 5.82 Å². The lowest BCUT2D eigenvalue weighted by molar-refractivity contribution is 0.0664. The molecule has 84 valence electrons. The predicted octanol–water partition coefficient (Wildman–Crippen LogP) is 2.51. The Bertz CT molecular complexity index is 299. The summed E-state index contributed by atoms with van der Waals surface area (Å²) in [5, 5.41) is 3.10. The molecule has 0 aromatic heterocycles. The zero-order valence-electron chi connectivity index (χ0n) is 9.46. The fourth-order valence-corrected chi connectivity index (χ4v) is 1.81. The first-order valence-corrected chi connectivity index (χ1v) is 5.19. The maximum Gasteiger partial charge on any atom is 0.128 e. The lowest BCUT2D eigenvalue weighted by atomic mass is 9.99. The highest BCUT2D eigenvalue weighted by Crippen LogP contribution is 2.23. The van der Waals surface area contributed by atoms with Crippen LogP contribution in [0.25, 0.3) is 0 Å². The third kappa shape index (κ3) is 2.76. The van der Waals surface area contributed by atoms with Crippen LogP contribution in [0.2, 0.25) is 0 Å². The van der Waals surface area contributed by atoms with Crippen molar-refractivity contribution in [3.8, 4) is 0 Å². The van der Waals surface area contributed by atoms with E-state index in [0.29, 0.717) is 5.56 Å². The van der Waals surface area contributed by atoms with Crippen molar-refractivity contribution in [3.63, 3.8) is 0 Å². The Labute approximate surface area is 90.4 Å². The van der Waals surface area contributed by atoms with E-state index in [2.05, 4.69) is 5.32 Å². The first-order valence-electron chi connectivity index (χ1n) is 5.19. The molecular weight excluding hydrogens is 193 g/mol. The molecule has 0 fully saturated rings. The van der Waals surface area contributed by atoms with Gasteiger partial charge in [0.05, 0.1) is 12.1 Å². The lowest BCUT2D eigenvalue weighted by Gasteiger charge is -2.25. The molecule has 15 heavy (non-hydrogen) atoms. The molecule has 2 unspecified atom stereocenters. The summed E-state index contributed by atoms with van der Waals surface area (Å²) < 4.78 is 18.9. The number of methoxy groups -OCH3 is 1. The summed E-state index contributed by atoms with van der Waals surface area (Å²) in [5.41, 5.74) is 0.661. The highest BCUT2D eigenvalue weighted by molar-refractivity contribution is 5.22. The monoisotopic (exact) mass is 211 g/mol. The van der Waals surface area contributed by atoms with Crippen LogP contribution < -0.4 is 5.32 Å². The fourth-order valence-electron chi connectivity index (χ4n) is 1.81. The topological polar surface area (TPSA) is 21.3 Å². The van der Waals surface area contributed by atoms with Gasteiger partial charge in [-0.05, 0) is 19.5 Å². The second kappa shape index (κ2) is 5.83. The molecule has 3 heteroatoms. The van der Waals surface area contributed by atoms with Crippen molar-refractivity contribution in [1.82, 2.24) is 5.32 Å². The van der Waals surface area contributed by atoms with E-state index in [-0.39, 0.29) is 18.0 Å². The standard InChI is InChI=1S/C12H18FNO/c1-4-11(15-3)12(14-2)9-7-5-6-8-10(9)13/h5-8,11-12,14H,4H2,1-3H3. The Balaban J connectivity index is 2.96. The van der Waals surface area contributed by atoms with Gasteiger partial charge in [0.2, 0.25) is 0 Å². The second-order valence-corrected chi connectivity index (χ2v) is 3.47. The number of hydrogen-bond acceptors (Lipinski definition) is 2. The summed E-state index contributed by atoms with van der Waals surface area (Å²) in [7, 11) is 3.47. The maximum atomic E-state index is 13.6. The molecule has 0 amide bonds. The van der Waals surface area contributed by atoms with Crippen molar-refractivity contribution in [3.05, 3.63) is 35.6 Å². The van der Waals surface area contributed by atoms with Crippen molar-refractivity contribution >= 4 is 0 Å². The van der Waals surface area contributed by atoms with Gasteiger partial charge in [0, 0.05) is 12.7 Å². The number of likely N-dealkylation sites (N-methyl/N-ethyl adjacent to an activating group) is 1. The molecule has 1 aromatic carbocycles. The Morgan fingerprint density at radius 2 is 2.07 bits per heavy atom. The Morgan fingerprint density at radius 3 is 2.53 bits per heavy atom. The average molecular weight is 211 g/mol. The van der Waals surface area contributed by atoms with E-state index in [1.54, 1.807) is 19.2 Å². The molecule has 0 saturated carbocycles. The van der Waals surface area contributed by atoms with Gasteiger partial charge >= 0.3 is 0 Å². The number of halogens is 1. The summed E-state index contributed by atoms with van der Waals surface area (Å²) in [4.78, 5) is 0. The van der Waals surface area contributed by atoms with E-state index in [1.165, 1.54) is 6.07 Å². The fraction of sp³-hybridized carbons (Fsp3) is 0.500. The molecule has 0 saturated heterocycles.